The summed E-state index contributed by atoms with van der Waals surface area (Å²) in [5, 5.41) is 8.58. The predicted molar refractivity (Wildman–Crippen MR) is 94.9 cm³/mol. The molecule has 1 amide bonds. The molecule has 0 fully saturated rings. The molecule has 23 heavy (non-hydrogen) atoms. The van der Waals surface area contributed by atoms with Crippen molar-refractivity contribution in [2.24, 2.45) is 0 Å². The number of aryl methyl sites for hydroxylation is 2. The van der Waals surface area contributed by atoms with Crippen molar-refractivity contribution < 1.29 is 9.32 Å². The Hall–Kier alpha value is -1.51. The summed E-state index contributed by atoms with van der Waals surface area (Å²) in [6.07, 6.45) is 0. The van der Waals surface area contributed by atoms with Gasteiger partial charge in [-0.1, -0.05) is 5.16 Å². The van der Waals surface area contributed by atoms with Crippen molar-refractivity contribution in [3.05, 3.63) is 44.0 Å². The van der Waals surface area contributed by atoms with Crippen molar-refractivity contribution >= 4 is 44.5 Å². The molecule has 0 atom stereocenters. The van der Waals surface area contributed by atoms with Crippen LogP contribution in [0.15, 0.2) is 25.8 Å². The van der Waals surface area contributed by atoms with Crippen LogP contribution in [0.1, 0.15) is 27.5 Å². The van der Waals surface area contributed by atoms with E-state index in [1.807, 2.05) is 25.3 Å². The van der Waals surface area contributed by atoms with E-state index in [1.165, 1.54) is 11.3 Å². The summed E-state index contributed by atoms with van der Waals surface area (Å²) >= 11 is 6.51. The highest BCUT2D eigenvalue weighted by molar-refractivity contribution is 9.10. The van der Waals surface area contributed by atoms with Crippen molar-refractivity contribution in [2.75, 3.05) is 7.05 Å². The van der Waals surface area contributed by atoms with Gasteiger partial charge in [0.25, 0.3) is 5.91 Å². The van der Waals surface area contributed by atoms with Gasteiger partial charge in [0.05, 0.1) is 17.1 Å². The Bertz CT molecular complexity index is 833. The summed E-state index contributed by atoms with van der Waals surface area (Å²) in [6, 6.07) is 2.01. The van der Waals surface area contributed by atoms with E-state index in [1.54, 1.807) is 28.7 Å². The number of thiophene rings is 1. The van der Waals surface area contributed by atoms with Crippen LogP contribution in [0.4, 0.5) is 0 Å². The maximum atomic E-state index is 12.6. The minimum Gasteiger partial charge on any atom is -0.361 e. The van der Waals surface area contributed by atoms with Crippen molar-refractivity contribution in [3.63, 3.8) is 0 Å². The first-order valence-corrected chi connectivity index (χ1v) is 9.38. The van der Waals surface area contributed by atoms with Crippen LogP contribution in [-0.2, 0) is 6.54 Å². The summed E-state index contributed by atoms with van der Waals surface area (Å²) in [7, 11) is 1.76. The number of carbonyl (C=O) groups is 1. The second-order valence-corrected chi connectivity index (χ2v) is 7.82. The molecule has 0 aliphatic heterocycles. The van der Waals surface area contributed by atoms with Crippen molar-refractivity contribution in [1.82, 2.24) is 15.0 Å². The van der Waals surface area contributed by atoms with Crippen LogP contribution in [0, 0.1) is 13.8 Å². The van der Waals surface area contributed by atoms with Gasteiger partial charge in [0.1, 0.15) is 16.5 Å². The third-order valence-corrected chi connectivity index (χ3v) is 6.13. The van der Waals surface area contributed by atoms with Gasteiger partial charge >= 0.3 is 0 Å². The summed E-state index contributed by atoms with van der Waals surface area (Å²) in [6.45, 7) is 4.18. The lowest BCUT2D eigenvalue weighted by atomic mass is 10.2. The molecule has 3 aromatic heterocycles. The van der Waals surface area contributed by atoms with Gasteiger partial charge in [-0.25, -0.2) is 4.98 Å². The Morgan fingerprint density at radius 1 is 1.35 bits per heavy atom. The largest absolute Gasteiger partial charge is 0.361 e. The molecular weight excluding hydrogens is 398 g/mol. The second-order valence-electron chi connectivity index (χ2n) is 5.13. The van der Waals surface area contributed by atoms with Crippen LogP contribution in [0.2, 0.25) is 0 Å². The Labute approximate surface area is 150 Å². The number of halogens is 1. The minimum atomic E-state index is -0.108. The Balaban J connectivity index is 1.76. The van der Waals surface area contributed by atoms with Gasteiger partial charge in [-0.3, -0.25) is 4.79 Å². The highest BCUT2D eigenvalue weighted by Gasteiger charge is 2.19. The minimum absolute atomic E-state index is 0.108. The van der Waals surface area contributed by atoms with Crippen LogP contribution in [-0.4, -0.2) is 28.0 Å². The number of aromatic nitrogens is 2. The SMILES string of the molecule is Cc1noc(C)c1CN(C)C(=O)c1csc(-c2cc(Br)cs2)n1. The van der Waals surface area contributed by atoms with Gasteiger partial charge in [0.2, 0.25) is 0 Å². The first-order valence-electron chi connectivity index (χ1n) is 6.83. The predicted octanol–water partition coefficient (Wildman–Crippen LogP) is 4.51. The first-order chi connectivity index (χ1) is 11.0. The molecule has 0 aromatic carbocycles. The molecule has 3 heterocycles. The lowest BCUT2D eigenvalue weighted by Crippen LogP contribution is -2.26. The van der Waals surface area contributed by atoms with Crippen LogP contribution in [0.25, 0.3) is 9.88 Å². The molecule has 8 heteroatoms. The summed E-state index contributed by atoms with van der Waals surface area (Å²) < 4.78 is 6.17. The molecule has 0 N–H and O–H groups in total. The molecule has 3 rings (SSSR count). The number of carbonyl (C=O) groups excluding carboxylic acids is 1. The van der Waals surface area contributed by atoms with Gasteiger partial charge < -0.3 is 9.42 Å². The number of rotatable bonds is 4. The van der Waals surface area contributed by atoms with Crippen molar-refractivity contribution in [3.8, 4) is 9.88 Å². The number of nitrogens with zero attached hydrogens (tertiary/aromatic N) is 3. The molecule has 120 valence electrons. The van der Waals surface area contributed by atoms with Gasteiger partial charge in [0, 0.05) is 27.8 Å². The van der Waals surface area contributed by atoms with Gasteiger partial charge in [-0.05, 0) is 35.8 Å². The van der Waals surface area contributed by atoms with Crippen LogP contribution < -0.4 is 0 Å². The van der Waals surface area contributed by atoms with E-state index in [0.717, 1.165) is 31.4 Å². The Morgan fingerprint density at radius 2 is 2.13 bits per heavy atom. The standard InChI is InChI=1S/C15H14BrN3O2S2/c1-8-11(9(2)21-18-8)5-19(3)15(20)12-7-23-14(17-12)13-4-10(16)6-22-13/h4,6-7H,5H2,1-3H3. The van der Waals surface area contributed by atoms with Gasteiger partial charge in [-0.2, -0.15) is 0 Å². The highest BCUT2D eigenvalue weighted by atomic mass is 79.9. The molecule has 0 saturated heterocycles. The van der Waals surface area contributed by atoms with E-state index >= 15 is 0 Å². The van der Waals surface area contributed by atoms with E-state index in [0.29, 0.717) is 12.2 Å². The topological polar surface area (TPSA) is 59.2 Å². The van der Waals surface area contributed by atoms with E-state index in [-0.39, 0.29) is 5.91 Å². The summed E-state index contributed by atoms with van der Waals surface area (Å²) in [5.74, 6) is 0.632. The van der Waals surface area contributed by atoms with E-state index in [2.05, 4.69) is 26.1 Å². The second kappa shape index (κ2) is 6.54. The number of amides is 1. The zero-order valence-electron chi connectivity index (χ0n) is 12.8. The highest BCUT2D eigenvalue weighted by Crippen LogP contribution is 2.32. The average molecular weight is 412 g/mol. The maximum absolute atomic E-state index is 12.6. The van der Waals surface area contributed by atoms with Crippen LogP contribution in [0.3, 0.4) is 0 Å². The van der Waals surface area contributed by atoms with E-state index in [9.17, 15) is 4.79 Å². The number of hydrogen-bond donors (Lipinski definition) is 0. The number of hydrogen-bond acceptors (Lipinski definition) is 6. The Morgan fingerprint density at radius 3 is 2.74 bits per heavy atom. The third-order valence-electron chi connectivity index (χ3n) is 3.42. The lowest BCUT2D eigenvalue weighted by Gasteiger charge is -2.15. The van der Waals surface area contributed by atoms with Crippen LogP contribution in [0.5, 0.6) is 0 Å². The molecule has 0 bridgehead atoms. The third kappa shape index (κ3) is 3.39. The van der Waals surface area contributed by atoms with Gasteiger partial charge in [0.15, 0.2) is 0 Å². The lowest BCUT2D eigenvalue weighted by molar-refractivity contribution is 0.0779. The molecule has 0 aliphatic rings. The molecule has 3 aromatic rings. The molecule has 0 radical (unpaired) electrons. The normalized spacial score (nSPS) is 11.0. The quantitative estimate of drug-likeness (QED) is 0.633. The van der Waals surface area contributed by atoms with E-state index < -0.39 is 0 Å². The molecule has 0 spiro atoms. The molecular formula is C15H14BrN3O2S2. The summed E-state index contributed by atoms with van der Waals surface area (Å²) in [5.41, 5.74) is 2.21. The average Bonchev–Trinajstić information content (AvgIpc) is 3.23. The monoisotopic (exact) mass is 411 g/mol. The van der Waals surface area contributed by atoms with Crippen molar-refractivity contribution in [2.45, 2.75) is 20.4 Å². The number of thiazole rings is 1. The van der Waals surface area contributed by atoms with Gasteiger partial charge in [-0.15, -0.1) is 22.7 Å². The summed E-state index contributed by atoms with van der Waals surface area (Å²) in [4.78, 5) is 19.7. The maximum Gasteiger partial charge on any atom is 0.273 e. The zero-order chi connectivity index (χ0) is 16.6. The fraction of sp³-hybridized carbons (Fsp3) is 0.267. The van der Waals surface area contributed by atoms with Crippen molar-refractivity contribution in [1.29, 1.82) is 0 Å². The fourth-order valence-corrected chi connectivity index (χ4v) is 4.44. The Kier molecular flexibility index (Phi) is 4.65. The molecule has 0 unspecified atom stereocenters. The first kappa shape index (κ1) is 16.4. The molecule has 0 aliphatic carbocycles. The van der Waals surface area contributed by atoms with Crippen LogP contribution >= 0.6 is 38.6 Å². The zero-order valence-corrected chi connectivity index (χ0v) is 16.0. The molecule has 5 nitrogen and oxygen atoms in total. The fourth-order valence-electron chi connectivity index (χ4n) is 2.14. The smallest absolute Gasteiger partial charge is 0.273 e. The molecule has 0 saturated carbocycles. The van der Waals surface area contributed by atoms with E-state index in [4.69, 9.17) is 4.52 Å².